The maximum atomic E-state index is 12.8. The lowest BCUT2D eigenvalue weighted by atomic mass is 9.99. The fourth-order valence-corrected chi connectivity index (χ4v) is 4.34. The highest BCUT2D eigenvalue weighted by Crippen LogP contribution is 2.23. The molecule has 0 radical (unpaired) electrons. The number of hydrogen-bond donors (Lipinski definition) is 1. The van der Waals surface area contributed by atoms with E-state index in [9.17, 15) is 4.79 Å². The number of amides is 1. The van der Waals surface area contributed by atoms with Crippen LogP contribution in [0.15, 0.2) is 84.9 Å². The smallest absolute Gasteiger partial charge is 0.236 e. The van der Waals surface area contributed by atoms with Crippen molar-refractivity contribution in [1.29, 1.82) is 0 Å². The highest BCUT2D eigenvalue weighted by Gasteiger charge is 2.17. The molecule has 146 valence electrons. The molecular formula is C24H23N3OS. The molecule has 0 bridgehead atoms. The van der Waals surface area contributed by atoms with Crippen LogP contribution in [0.1, 0.15) is 22.2 Å². The number of para-hydroxylation sites is 1. The molecule has 0 spiro atoms. The second-order valence-corrected chi connectivity index (χ2v) is 8.08. The Morgan fingerprint density at radius 2 is 1.52 bits per heavy atom. The van der Waals surface area contributed by atoms with Crippen molar-refractivity contribution >= 4 is 27.5 Å². The van der Waals surface area contributed by atoms with Gasteiger partial charge in [0.1, 0.15) is 5.01 Å². The van der Waals surface area contributed by atoms with E-state index in [-0.39, 0.29) is 18.5 Å². The first-order valence-electron chi connectivity index (χ1n) is 9.62. The van der Waals surface area contributed by atoms with Crippen LogP contribution in [0.5, 0.6) is 0 Å². The number of hydrogen-bond acceptors (Lipinski definition) is 4. The maximum Gasteiger partial charge on any atom is 0.236 e. The number of thiazole rings is 1. The standard InChI is InChI=1S/C24H23N3OS/c1-27(17-22-26-20-14-8-9-15-21(20)29-22)23(28)16-25-24(18-10-4-2-5-11-18)19-12-6-3-7-13-19/h2-15,24-25H,16-17H2,1H3. The average molecular weight is 402 g/mol. The first-order valence-corrected chi connectivity index (χ1v) is 10.4. The molecule has 1 aromatic heterocycles. The third-order valence-electron chi connectivity index (χ3n) is 4.86. The van der Waals surface area contributed by atoms with Crippen molar-refractivity contribution in [2.45, 2.75) is 12.6 Å². The second kappa shape index (κ2) is 8.99. The topological polar surface area (TPSA) is 45.2 Å². The molecule has 0 aliphatic carbocycles. The van der Waals surface area contributed by atoms with E-state index in [2.05, 4.69) is 40.6 Å². The van der Waals surface area contributed by atoms with Gasteiger partial charge in [-0.1, -0.05) is 72.8 Å². The molecule has 0 saturated heterocycles. The van der Waals surface area contributed by atoms with Crippen molar-refractivity contribution in [1.82, 2.24) is 15.2 Å². The number of carbonyl (C=O) groups is 1. The van der Waals surface area contributed by atoms with Crippen LogP contribution in [-0.4, -0.2) is 29.4 Å². The number of nitrogens with zero attached hydrogens (tertiary/aromatic N) is 2. The predicted octanol–water partition coefficient (Wildman–Crippen LogP) is 4.63. The number of aromatic nitrogens is 1. The highest BCUT2D eigenvalue weighted by atomic mass is 32.1. The zero-order valence-corrected chi connectivity index (χ0v) is 17.1. The summed E-state index contributed by atoms with van der Waals surface area (Å²) in [5, 5.41) is 4.39. The molecule has 4 rings (SSSR count). The molecule has 1 N–H and O–H groups in total. The average Bonchev–Trinajstić information content (AvgIpc) is 3.17. The summed E-state index contributed by atoms with van der Waals surface area (Å²) in [6.07, 6.45) is 0. The van der Waals surface area contributed by atoms with Gasteiger partial charge < -0.3 is 4.90 Å². The lowest BCUT2D eigenvalue weighted by Gasteiger charge is -2.22. The van der Waals surface area contributed by atoms with Crippen LogP contribution in [0.4, 0.5) is 0 Å². The van der Waals surface area contributed by atoms with Crippen LogP contribution in [-0.2, 0) is 11.3 Å². The minimum Gasteiger partial charge on any atom is -0.338 e. The fourth-order valence-electron chi connectivity index (χ4n) is 3.32. The molecule has 1 amide bonds. The van der Waals surface area contributed by atoms with Crippen LogP contribution in [0, 0.1) is 0 Å². The van der Waals surface area contributed by atoms with E-state index in [1.54, 1.807) is 16.2 Å². The van der Waals surface area contributed by atoms with Crippen molar-refractivity contribution < 1.29 is 4.79 Å². The Kier molecular flexibility index (Phi) is 5.98. The zero-order chi connectivity index (χ0) is 20.1. The molecule has 0 aliphatic heterocycles. The number of nitrogens with one attached hydrogen (secondary N) is 1. The third kappa shape index (κ3) is 4.70. The Balaban J connectivity index is 1.43. The summed E-state index contributed by atoms with van der Waals surface area (Å²) in [4.78, 5) is 19.1. The number of rotatable bonds is 7. The molecule has 0 saturated carbocycles. The van der Waals surface area contributed by atoms with E-state index in [0.717, 1.165) is 26.4 Å². The lowest BCUT2D eigenvalue weighted by molar-refractivity contribution is -0.129. The van der Waals surface area contributed by atoms with Gasteiger partial charge in [0.15, 0.2) is 0 Å². The van der Waals surface area contributed by atoms with Gasteiger partial charge in [0, 0.05) is 7.05 Å². The lowest BCUT2D eigenvalue weighted by Crippen LogP contribution is -2.37. The Morgan fingerprint density at radius 3 is 2.14 bits per heavy atom. The number of carbonyl (C=O) groups excluding carboxylic acids is 1. The first kappa shape index (κ1) is 19.3. The van der Waals surface area contributed by atoms with Crippen molar-refractivity contribution in [3.63, 3.8) is 0 Å². The maximum absolute atomic E-state index is 12.8. The highest BCUT2D eigenvalue weighted by molar-refractivity contribution is 7.18. The van der Waals surface area contributed by atoms with Crippen LogP contribution in [0.3, 0.4) is 0 Å². The summed E-state index contributed by atoms with van der Waals surface area (Å²) in [5.41, 5.74) is 3.26. The van der Waals surface area contributed by atoms with Crippen LogP contribution in [0.2, 0.25) is 0 Å². The van der Waals surface area contributed by atoms with E-state index in [1.165, 1.54) is 0 Å². The van der Waals surface area contributed by atoms with Gasteiger partial charge in [0.25, 0.3) is 0 Å². The summed E-state index contributed by atoms with van der Waals surface area (Å²) < 4.78 is 1.15. The summed E-state index contributed by atoms with van der Waals surface area (Å²) in [6.45, 7) is 0.775. The molecule has 29 heavy (non-hydrogen) atoms. The minimum absolute atomic E-state index is 0.0304. The van der Waals surface area contributed by atoms with Crippen molar-refractivity contribution in [3.8, 4) is 0 Å². The van der Waals surface area contributed by atoms with Gasteiger partial charge in [-0.3, -0.25) is 10.1 Å². The molecule has 0 unspecified atom stereocenters. The number of benzene rings is 3. The van der Waals surface area contributed by atoms with Crippen molar-refractivity contribution in [2.24, 2.45) is 0 Å². The fraction of sp³-hybridized carbons (Fsp3) is 0.167. The summed E-state index contributed by atoms with van der Waals surface area (Å²) in [7, 11) is 1.83. The van der Waals surface area contributed by atoms with Crippen LogP contribution in [0.25, 0.3) is 10.2 Å². The molecule has 0 aliphatic rings. The Morgan fingerprint density at radius 1 is 0.931 bits per heavy atom. The first-order chi connectivity index (χ1) is 14.2. The Hall–Kier alpha value is -3.02. The van der Waals surface area contributed by atoms with Gasteiger partial charge in [-0.25, -0.2) is 4.98 Å². The van der Waals surface area contributed by atoms with E-state index >= 15 is 0 Å². The molecule has 0 fully saturated rings. The molecule has 5 heteroatoms. The molecule has 4 nitrogen and oxygen atoms in total. The van der Waals surface area contributed by atoms with Crippen molar-refractivity contribution in [2.75, 3.05) is 13.6 Å². The number of likely N-dealkylation sites (N-methyl/N-ethyl adjacent to an activating group) is 1. The van der Waals surface area contributed by atoms with Gasteiger partial charge in [0.05, 0.1) is 29.3 Å². The predicted molar refractivity (Wildman–Crippen MR) is 119 cm³/mol. The van der Waals surface area contributed by atoms with Gasteiger partial charge in [-0.2, -0.15) is 0 Å². The number of fused-ring (bicyclic) bond motifs is 1. The van der Waals surface area contributed by atoms with Crippen LogP contribution >= 0.6 is 11.3 Å². The summed E-state index contributed by atoms with van der Waals surface area (Å²) >= 11 is 1.64. The quantitative estimate of drug-likeness (QED) is 0.491. The van der Waals surface area contributed by atoms with Crippen LogP contribution < -0.4 is 5.32 Å². The normalized spacial score (nSPS) is 11.1. The monoisotopic (exact) mass is 401 g/mol. The van der Waals surface area contributed by atoms with Gasteiger partial charge in [-0.15, -0.1) is 11.3 Å². The Bertz CT molecular complexity index is 1010. The Labute approximate surface area is 174 Å². The third-order valence-corrected chi connectivity index (χ3v) is 5.88. The molecule has 1 heterocycles. The minimum atomic E-state index is -0.0304. The molecule has 4 aromatic rings. The van der Waals surface area contributed by atoms with E-state index in [4.69, 9.17) is 0 Å². The zero-order valence-electron chi connectivity index (χ0n) is 16.3. The molecular weight excluding hydrogens is 378 g/mol. The second-order valence-electron chi connectivity index (χ2n) is 6.96. The SMILES string of the molecule is CN(Cc1nc2ccccc2s1)C(=O)CNC(c1ccccc1)c1ccccc1. The summed E-state index contributed by atoms with van der Waals surface area (Å²) in [5.74, 6) is 0.0427. The van der Waals surface area contributed by atoms with Gasteiger partial charge >= 0.3 is 0 Å². The van der Waals surface area contributed by atoms with E-state index < -0.39 is 0 Å². The van der Waals surface area contributed by atoms with E-state index in [1.807, 2.05) is 61.6 Å². The van der Waals surface area contributed by atoms with E-state index in [0.29, 0.717) is 6.54 Å². The molecule has 3 aromatic carbocycles. The summed E-state index contributed by atoms with van der Waals surface area (Å²) in [6, 6.07) is 28.5. The molecule has 0 atom stereocenters. The van der Waals surface area contributed by atoms with Gasteiger partial charge in [0.2, 0.25) is 5.91 Å². The van der Waals surface area contributed by atoms with Gasteiger partial charge in [-0.05, 0) is 23.3 Å². The largest absolute Gasteiger partial charge is 0.338 e. The van der Waals surface area contributed by atoms with Crippen molar-refractivity contribution in [3.05, 3.63) is 101 Å².